The molecule has 0 radical (unpaired) electrons. The molecule has 0 aliphatic heterocycles. The molecule has 11 nitrogen and oxygen atoms in total. The molecule has 0 aromatic rings. The summed E-state index contributed by atoms with van der Waals surface area (Å²) in [5.41, 5.74) is 0. The van der Waals surface area contributed by atoms with Crippen molar-refractivity contribution in [3.8, 4) is 0 Å². The SMILES string of the molecule is CCCCCCCCCCCCCCCC(=O)NC(CNCCOCCOCCOCCP(=O)(O)O)CSCCCOCNCCCCCCCCCC. The Morgan fingerprint density at radius 3 is 1.63 bits per heavy atom. The van der Waals surface area contributed by atoms with E-state index in [4.69, 9.17) is 28.7 Å². The molecule has 1 atom stereocenters. The fraction of sp³-hybridized carbons (Fsp3) is 0.976. The molecule has 0 saturated carbocycles. The largest absolute Gasteiger partial charge is 0.378 e. The van der Waals surface area contributed by atoms with Crippen molar-refractivity contribution >= 4 is 25.3 Å². The number of thioether (sulfide) groups is 1. The Labute approximate surface area is 336 Å². The van der Waals surface area contributed by atoms with Gasteiger partial charge in [0, 0.05) is 31.9 Å². The van der Waals surface area contributed by atoms with Crippen molar-refractivity contribution in [1.29, 1.82) is 0 Å². The number of carbonyl (C=O) groups is 1. The molecule has 0 rings (SSSR count). The lowest BCUT2D eigenvalue weighted by molar-refractivity contribution is -0.121. The summed E-state index contributed by atoms with van der Waals surface area (Å²) in [5, 5.41) is 10.1. The molecule has 324 valence electrons. The highest BCUT2D eigenvalue weighted by atomic mass is 32.2. The smallest absolute Gasteiger partial charge is 0.327 e. The second-order valence-corrected chi connectivity index (χ2v) is 17.6. The van der Waals surface area contributed by atoms with Crippen LogP contribution in [0.2, 0.25) is 0 Å². The zero-order chi connectivity index (χ0) is 39.5. The summed E-state index contributed by atoms with van der Waals surface area (Å²) in [6.45, 7) is 10.4. The lowest BCUT2D eigenvalue weighted by atomic mass is 10.0. The minimum atomic E-state index is -4.01. The molecule has 0 heterocycles. The molecule has 1 amide bonds. The lowest BCUT2D eigenvalue weighted by Gasteiger charge is -2.19. The molecule has 0 bridgehead atoms. The van der Waals surface area contributed by atoms with Crippen LogP contribution in [0.3, 0.4) is 0 Å². The minimum Gasteiger partial charge on any atom is -0.378 e. The predicted octanol–water partition coefficient (Wildman–Crippen LogP) is 8.60. The van der Waals surface area contributed by atoms with Gasteiger partial charge in [0.05, 0.1) is 58.6 Å². The van der Waals surface area contributed by atoms with Gasteiger partial charge in [-0.15, -0.1) is 0 Å². The monoisotopic (exact) mass is 812 g/mol. The molecular weight excluding hydrogens is 726 g/mol. The van der Waals surface area contributed by atoms with Crippen molar-refractivity contribution in [2.75, 3.05) is 90.3 Å². The normalized spacial score (nSPS) is 12.4. The molecule has 0 spiro atoms. The van der Waals surface area contributed by atoms with E-state index in [1.807, 2.05) is 11.8 Å². The number of hydrogen-bond donors (Lipinski definition) is 5. The van der Waals surface area contributed by atoms with E-state index < -0.39 is 7.60 Å². The molecule has 0 aliphatic rings. The molecule has 1 unspecified atom stereocenters. The fourth-order valence-corrected chi connectivity index (χ4v) is 7.33. The number of unbranched alkanes of at least 4 members (excludes halogenated alkanes) is 19. The molecule has 0 saturated heterocycles. The van der Waals surface area contributed by atoms with E-state index in [9.17, 15) is 9.36 Å². The topological polar surface area (TPSA) is 148 Å². The number of nitrogens with one attached hydrogen (secondary N) is 3. The zero-order valence-electron chi connectivity index (χ0n) is 34.9. The predicted molar refractivity (Wildman–Crippen MR) is 228 cm³/mol. The molecule has 54 heavy (non-hydrogen) atoms. The first-order chi connectivity index (χ1) is 26.4. The molecule has 0 aromatic carbocycles. The molecule has 5 N–H and O–H groups in total. The van der Waals surface area contributed by atoms with Gasteiger partial charge in [-0.1, -0.05) is 136 Å². The van der Waals surface area contributed by atoms with Crippen LogP contribution in [-0.2, 0) is 28.3 Å². The van der Waals surface area contributed by atoms with Gasteiger partial charge in [-0.25, -0.2) is 0 Å². The molecule has 0 aliphatic carbocycles. The van der Waals surface area contributed by atoms with Crippen LogP contribution in [0.5, 0.6) is 0 Å². The average Bonchev–Trinajstić information content (AvgIpc) is 3.14. The van der Waals surface area contributed by atoms with Gasteiger partial charge in [0.1, 0.15) is 0 Å². The van der Waals surface area contributed by atoms with Crippen molar-refractivity contribution in [2.24, 2.45) is 0 Å². The van der Waals surface area contributed by atoms with Crippen molar-refractivity contribution in [2.45, 2.75) is 168 Å². The lowest BCUT2D eigenvalue weighted by Crippen LogP contribution is -2.44. The number of ether oxygens (including phenoxy) is 4. The third kappa shape index (κ3) is 46.1. The molecular formula is C41H86N3O8PS. The van der Waals surface area contributed by atoms with Crippen molar-refractivity contribution in [1.82, 2.24) is 16.0 Å². The summed E-state index contributed by atoms with van der Waals surface area (Å²) in [5.74, 6) is 2.01. The maximum Gasteiger partial charge on any atom is 0.327 e. The van der Waals surface area contributed by atoms with Gasteiger partial charge >= 0.3 is 7.60 Å². The second kappa shape index (κ2) is 43.8. The Balaban J connectivity index is 4.10. The number of rotatable bonds is 46. The quantitative estimate of drug-likeness (QED) is 0.0229. The van der Waals surface area contributed by atoms with E-state index in [-0.39, 0.29) is 31.3 Å². The Bertz CT molecular complexity index is 814. The number of hydrogen-bond acceptors (Lipinski definition) is 9. The van der Waals surface area contributed by atoms with Crippen LogP contribution in [0.15, 0.2) is 0 Å². The van der Waals surface area contributed by atoms with Crippen LogP contribution in [0, 0.1) is 0 Å². The van der Waals surface area contributed by atoms with Gasteiger partial charge in [0.15, 0.2) is 0 Å². The van der Waals surface area contributed by atoms with Crippen LogP contribution >= 0.6 is 19.4 Å². The summed E-state index contributed by atoms with van der Waals surface area (Å²) in [6, 6.07) is 0.0626. The van der Waals surface area contributed by atoms with Crippen molar-refractivity contribution < 1.29 is 38.1 Å². The Morgan fingerprint density at radius 1 is 0.574 bits per heavy atom. The first-order valence-corrected chi connectivity index (χ1v) is 25.0. The maximum absolute atomic E-state index is 12.8. The third-order valence-electron chi connectivity index (χ3n) is 9.26. The second-order valence-electron chi connectivity index (χ2n) is 14.6. The van der Waals surface area contributed by atoms with Crippen LogP contribution < -0.4 is 16.0 Å². The van der Waals surface area contributed by atoms with E-state index >= 15 is 0 Å². The summed E-state index contributed by atoms with van der Waals surface area (Å²) < 4.78 is 32.8. The highest BCUT2D eigenvalue weighted by molar-refractivity contribution is 7.99. The molecule has 13 heteroatoms. The summed E-state index contributed by atoms with van der Waals surface area (Å²) in [4.78, 5) is 30.5. The zero-order valence-corrected chi connectivity index (χ0v) is 36.7. The van der Waals surface area contributed by atoms with Crippen LogP contribution in [-0.4, -0.2) is 112 Å². The van der Waals surface area contributed by atoms with E-state index in [2.05, 4.69) is 29.8 Å². The molecule has 0 fully saturated rings. The first kappa shape index (κ1) is 53.7. The minimum absolute atomic E-state index is 0.0147. The van der Waals surface area contributed by atoms with Crippen molar-refractivity contribution in [3.63, 3.8) is 0 Å². The number of carbonyl (C=O) groups excluding carboxylic acids is 1. The summed E-state index contributed by atoms with van der Waals surface area (Å²) in [6.07, 6.45) is 28.9. The van der Waals surface area contributed by atoms with Gasteiger partial charge in [-0.3, -0.25) is 14.7 Å². The van der Waals surface area contributed by atoms with E-state index in [0.717, 1.165) is 43.9 Å². The van der Waals surface area contributed by atoms with Gasteiger partial charge in [-0.05, 0) is 31.6 Å². The standard InChI is InChI=1S/C41H86N3O8PS/c1-3-5-7-9-11-13-14-15-16-17-18-20-22-25-41(45)44-40(37-42-27-29-49-30-31-50-32-33-51-34-35-53(46,47)48)38-54-36-24-28-52-39-43-26-23-21-19-12-10-8-6-4-2/h40,42-43H,3-39H2,1-2H3,(H,44,45)(H2,46,47,48). The van der Waals surface area contributed by atoms with Crippen LogP contribution in [0.4, 0.5) is 0 Å². The van der Waals surface area contributed by atoms with Crippen LogP contribution in [0.25, 0.3) is 0 Å². The van der Waals surface area contributed by atoms with Gasteiger partial charge in [0.2, 0.25) is 5.91 Å². The molecule has 0 aromatic heterocycles. The maximum atomic E-state index is 12.8. The summed E-state index contributed by atoms with van der Waals surface area (Å²) >= 11 is 1.87. The fourth-order valence-electron chi connectivity index (χ4n) is 5.99. The number of amides is 1. The van der Waals surface area contributed by atoms with E-state index in [1.165, 1.54) is 122 Å². The Hall–Kier alpha value is -0.270. The van der Waals surface area contributed by atoms with E-state index in [1.54, 1.807) is 0 Å². The Kier molecular flexibility index (Phi) is 43.6. The highest BCUT2D eigenvalue weighted by Gasteiger charge is 2.13. The third-order valence-corrected chi connectivity index (χ3v) is 11.2. The average molecular weight is 812 g/mol. The summed E-state index contributed by atoms with van der Waals surface area (Å²) in [7, 11) is -4.01. The Morgan fingerprint density at radius 2 is 1.07 bits per heavy atom. The van der Waals surface area contributed by atoms with Gasteiger partial charge < -0.3 is 39.4 Å². The highest BCUT2D eigenvalue weighted by Crippen LogP contribution is 2.33. The van der Waals surface area contributed by atoms with Gasteiger partial charge in [-0.2, -0.15) is 11.8 Å². The van der Waals surface area contributed by atoms with E-state index in [0.29, 0.717) is 52.7 Å². The first-order valence-electron chi connectivity index (χ1n) is 22.0. The van der Waals surface area contributed by atoms with Gasteiger partial charge in [0.25, 0.3) is 0 Å². The van der Waals surface area contributed by atoms with Crippen molar-refractivity contribution in [3.05, 3.63) is 0 Å². The van der Waals surface area contributed by atoms with Crippen LogP contribution in [0.1, 0.15) is 162 Å².